The average molecular weight is 446 g/mol. The van der Waals surface area contributed by atoms with Gasteiger partial charge in [-0.15, -0.1) is 29.1 Å². The highest BCUT2D eigenvalue weighted by Crippen LogP contribution is 2.14. The Kier molecular flexibility index (Phi) is 9.43. The van der Waals surface area contributed by atoms with Crippen LogP contribution in [0.2, 0.25) is 0 Å². The number of aliphatic imine (C=N–C) groups is 1. The molecule has 2 aromatic rings. The van der Waals surface area contributed by atoms with E-state index in [2.05, 4.69) is 44.7 Å². The second-order valence-electron chi connectivity index (χ2n) is 5.55. The molecule has 0 saturated carbocycles. The zero-order chi connectivity index (χ0) is 16.5. The Morgan fingerprint density at radius 1 is 1.42 bits per heavy atom. The maximum Gasteiger partial charge on any atom is 0.216 e. The Hall–Kier alpha value is -1.58. The first-order valence-electron chi connectivity index (χ1n) is 8.15. The van der Waals surface area contributed by atoms with Crippen LogP contribution in [0.1, 0.15) is 45.4 Å². The van der Waals surface area contributed by atoms with E-state index >= 15 is 0 Å². The van der Waals surface area contributed by atoms with Crippen LogP contribution in [0, 0.1) is 0 Å². The fourth-order valence-electron chi connectivity index (χ4n) is 2.26. The molecule has 0 saturated heterocycles. The minimum absolute atomic E-state index is 0. The Morgan fingerprint density at radius 3 is 2.92 bits per heavy atom. The van der Waals surface area contributed by atoms with E-state index in [1.165, 1.54) is 19.3 Å². The predicted molar refractivity (Wildman–Crippen MR) is 106 cm³/mol. The SMILES string of the molecule is CCCCCC(C)NC(=NC)NCc1nc(-c2ccco2)n[nH]1.I. The van der Waals surface area contributed by atoms with Crippen LogP contribution in [-0.2, 0) is 6.54 Å². The monoisotopic (exact) mass is 446 g/mol. The molecule has 2 heterocycles. The average Bonchev–Trinajstić information content (AvgIpc) is 3.22. The molecule has 8 heteroatoms. The molecule has 0 aliphatic carbocycles. The third-order valence-corrected chi connectivity index (χ3v) is 3.54. The minimum atomic E-state index is 0. The first-order valence-corrected chi connectivity index (χ1v) is 8.15. The molecule has 134 valence electrons. The summed E-state index contributed by atoms with van der Waals surface area (Å²) in [6.45, 7) is 4.91. The summed E-state index contributed by atoms with van der Waals surface area (Å²) in [6, 6.07) is 4.04. The summed E-state index contributed by atoms with van der Waals surface area (Å²) in [5.74, 6) is 2.71. The highest BCUT2D eigenvalue weighted by atomic mass is 127. The number of rotatable bonds is 8. The van der Waals surface area contributed by atoms with Gasteiger partial charge in [-0.25, -0.2) is 4.98 Å². The van der Waals surface area contributed by atoms with Gasteiger partial charge >= 0.3 is 0 Å². The standard InChI is InChI=1S/C16H26N6O.HI/c1-4-5-6-8-12(2)19-16(17-3)18-11-14-20-15(22-21-14)13-9-7-10-23-13;/h7,9-10,12H,4-6,8,11H2,1-3H3,(H2,17,18,19)(H,20,21,22);1H. The lowest BCUT2D eigenvalue weighted by Crippen LogP contribution is -2.42. The zero-order valence-electron chi connectivity index (χ0n) is 14.5. The van der Waals surface area contributed by atoms with Gasteiger partial charge in [-0.1, -0.05) is 26.2 Å². The highest BCUT2D eigenvalue weighted by Gasteiger charge is 2.09. The lowest BCUT2D eigenvalue weighted by Gasteiger charge is -2.17. The third-order valence-electron chi connectivity index (χ3n) is 3.54. The van der Waals surface area contributed by atoms with Crippen molar-refractivity contribution in [3.8, 4) is 11.6 Å². The molecule has 2 rings (SSSR count). The number of hydrogen-bond acceptors (Lipinski definition) is 4. The van der Waals surface area contributed by atoms with E-state index in [9.17, 15) is 0 Å². The summed E-state index contributed by atoms with van der Waals surface area (Å²) < 4.78 is 5.28. The number of aromatic amines is 1. The van der Waals surface area contributed by atoms with Crippen LogP contribution in [0.5, 0.6) is 0 Å². The topological polar surface area (TPSA) is 91.1 Å². The van der Waals surface area contributed by atoms with Crippen molar-refractivity contribution in [1.82, 2.24) is 25.8 Å². The Bertz CT molecular complexity index is 595. The van der Waals surface area contributed by atoms with Crippen molar-refractivity contribution in [2.75, 3.05) is 7.05 Å². The van der Waals surface area contributed by atoms with Gasteiger partial charge in [0.2, 0.25) is 5.82 Å². The quantitative estimate of drug-likeness (QED) is 0.251. The van der Waals surface area contributed by atoms with Crippen molar-refractivity contribution in [1.29, 1.82) is 0 Å². The largest absolute Gasteiger partial charge is 0.461 e. The molecule has 2 aromatic heterocycles. The minimum Gasteiger partial charge on any atom is -0.461 e. The molecule has 0 aliphatic heterocycles. The summed E-state index contributed by atoms with van der Waals surface area (Å²) in [4.78, 5) is 8.63. The summed E-state index contributed by atoms with van der Waals surface area (Å²) in [7, 11) is 1.77. The van der Waals surface area contributed by atoms with Crippen LogP contribution in [-0.4, -0.2) is 34.2 Å². The smallest absolute Gasteiger partial charge is 0.216 e. The molecular formula is C16H27IN6O. The molecule has 3 N–H and O–H groups in total. The number of H-pyrrole nitrogens is 1. The van der Waals surface area contributed by atoms with Crippen LogP contribution in [0.25, 0.3) is 11.6 Å². The highest BCUT2D eigenvalue weighted by molar-refractivity contribution is 14.0. The second kappa shape index (κ2) is 11.1. The van der Waals surface area contributed by atoms with Crippen molar-refractivity contribution in [2.45, 2.75) is 52.1 Å². The number of unbranched alkanes of at least 4 members (excludes halogenated alkanes) is 2. The predicted octanol–water partition coefficient (Wildman–Crippen LogP) is 3.32. The van der Waals surface area contributed by atoms with E-state index in [1.54, 1.807) is 13.3 Å². The van der Waals surface area contributed by atoms with Crippen molar-refractivity contribution in [3.63, 3.8) is 0 Å². The molecule has 0 radical (unpaired) electrons. The number of nitrogens with one attached hydrogen (secondary N) is 3. The van der Waals surface area contributed by atoms with E-state index in [0.717, 1.165) is 18.2 Å². The molecule has 7 nitrogen and oxygen atoms in total. The Morgan fingerprint density at radius 2 is 2.25 bits per heavy atom. The van der Waals surface area contributed by atoms with Gasteiger partial charge in [-0.05, 0) is 25.5 Å². The van der Waals surface area contributed by atoms with E-state index in [0.29, 0.717) is 24.2 Å². The van der Waals surface area contributed by atoms with Gasteiger partial charge in [0.25, 0.3) is 0 Å². The summed E-state index contributed by atoms with van der Waals surface area (Å²) >= 11 is 0. The molecule has 0 fully saturated rings. The lowest BCUT2D eigenvalue weighted by atomic mass is 10.1. The number of halogens is 1. The third kappa shape index (κ3) is 6.50. The van der Waals surface area contributed by atoms with Gasteiger partial charge in [-0.3, -0.25) is 10.1 Å². The fraction of sp³-hybridized carbons (Fsp3) is 0.562. The number of guanidine groups is 1. The Labute approximate surface area is 160 Å². The van der Waals surface area contributed by atoms with Crippen molar-refractivity contribution in [3.05, 3.63) is 24.2 Å². The van der Waals surface area contributed by atoms with E-state index < -0.39 is 0 Å². The van der Waals surface area contributed by atoms with Crippen molar-refractivity contribution >= 4 is 29.9 Å². The number of aromatic nitrogens is 3. The van der Waals surface area contributed by atoms with Crippen LogP contribution in [0.4, 0.5) is 0 Å². The summed E-state index contributed by atoms with van der Waals surface area (Å²) in [5.41, 5.74) is 0. The summed E-state index contributed by atoms with van der Waals surface area (Å²) in [5, 5.41) is 13.7. The lowest BCUT2D eigenvalue weighted by molar-refractivity contribution is 0.546. The maximum absolute atomic E-state index is 5.28. The van der Waals surface area contributed by atoms with Gasteiger partial charge in [0, 0.05) is 13.1 Å². The van der Waals surface area contributed by atoms with Crippen LogP contribution in [0.3, 0.4) is 0 Å². The molecule has 0 bridgehead atoms. The molecular weight excluding hydrogens is 419 g/mol. The van der Waals surface area contributed by atoms with Crippen LogP contribution < -0.4 is 10.6 Å². The molecule has 0 amide bonds. The van der Waals surface area contributed by atoms with Gasteiger partial charge in [0.1, 0.15) is 5.82 Å². The van der Waals surface area contributed by atoms with Gasteiger partial charge in [-0.2, -0.15) is 0 Å². The first-order chi connectivity index (χ1) is 11.2. The summed E-state index contributed by atoms with van der Waals surface area (Å²) in [6.07, 6.45) is 6.49. The fourth-order valence-corrected chi connectivity index (χ4v) is 2.26. The normalized spacial score (nSPS) is 12.5. The van der Waals surface area contributed by atoms with E-state index in [1.807, 2.05) is 12.1 Å². The van der Waals surface area contributed by atoms with E-state index in [4.69, 9.17) is 4.42 Å². The van der Waals surface area contributed by atoms with Crippen LogP contribution in [0.15, 0.2) is 27.8 Å². The van der Waals surface area contributed by atoms with Crippen molar-refractivity contribution in [2.24, 2.45) is 4.99 Å². The molecule has 24 heavy (non-hydrogen) atoms. The number of nitrogens with zero attached hydrogens (tertiary/aromatic N) is 3. The van der Waals surface area contributed by atoms with Crippen molar-refractivity contribution < 1.29 is 4.42 Å². The molecule has 0 aliphatic rings. The zero-order valence-corrected chi connectivity index (χ0v) is 16.8. The van der Waals surface area contributed by atoms with Gasteiger partial charge < -0.3 is 15.1 Å². The Balaban J connectivity index is 0.00000288. The first kappa shape index (κ1) is 20.5. The van der Waals surface area contributed by atoms with Gasteiger partial charge in [0.05, 0.1) is 12.8 Å². The molecule has 1 atom stereocenters. The molecule has 0 spiro atoms. The number of furan rings is 1. The molecule has 1 unspecified atom stereocenters. The van der Waals surface area contributed by atoms with Gasteiger partial charge in [0.15, 0.2) is 11.7 Å². The maximum atomic E-state index is 5.28. The second-order valence-corrected chi connectivity index (χ2v) is 5.55. The number of hydrogen-bond donors (Lipinski definition) is 3. The van der Waals surface area contributed by atoms with Crippen LogP contribution >= 0.6 is 24.0 Å². The molecule has 0 aromatic carbocycles. The van der Waals surface area contributed by atoms with E-state index in [-0.39, 0.29) is 24.0 Å².